The second kappa shape index (κ2) is 7.63. The van der Waals surface area contributed by atoms with Gasteiger partial charge in [0.2, 0.25) is 5.91 Å². The number of benzene rings is 1. The summed E-state index contributed by atoms with van der Waals surface area (Å²) in [4.78, 5) is 14.7. The number of carbonyl (C=O) groups excluding carboxylic acids is 1. The lowest BCUT2D eigenvalue weighted by atomic mass is 9.99. The molecule has 0 atom stereocenters. The van der Waals surface area contributed by atoms with Crippen LogP contribution in [0.4, 0.5) is 5.69 Å². The van der Waals surface area contributed by atoms with Gasteiger partial charge in [-0.25, -0.2) is 0 Å². The van der Waals surface area contributed by atoms with Gasteiger partial charge in [0.15, 0.2) is 0 Å². The van der Waals surface area contributed by atoms with Crippen molar-refractivity contribution in [1.82, 2.24) is 5.32 Å². The molecule has 4 heteroatoms. The van der Waals surface area contributed by atoms with Gasteiger partial charge in [-0.3, -0.25) is 4.79 Å². The van der Waals surface area contributed by atoms with E-state index in [1.165, 1.54) is 30.5 Å². The Morgan fingerprint density at radius 3 is 2.64 bits per heavy atom. The smallest absolute Gasteiger partial charge is 0.223 e. The van der Waals surface area contributed by atoms with Gasteiger partial charge in [-0.1, -0.05) is 18.2 Å². The van der Waals surface area contributed by atoms with Crippen molar-refractivity contribution < 1.29 is 9.53 Å². The van der Waals surface area contributed by atoms with E-state index in [0.717, 1.165) is 25.9 Å². The number of rotatable bonds is 4. The van der Waals surface area contributed by atoms with Gasteiger partial charge in [-0.05, 0) is 43.7 Å². The van der Waals surface area contributed by atoms with Crippen LogP contribution < -0.4 is 10.2 Å². The maximum Gasteiger partial charge on any atom is 0.223 e. The monoisotopic (exact) mass is 302 g/mol. The molecule has 2 aliphatic heterocycles. The van der Waals surface area contributed by atoms with Crippen LogP contribution in [0.3, 0.4) is 0 Å². The summed E-state index contributed by atoms with van der Waals surface area (Å²) in [6.45, 7) is 4.31. The lowest BCUT2D eigenvalue weighted by Gasteiger charge is -2.31. The molecule has 4 nitrogen and oxygen atoms in total. The minimum atomic E-state index is 0.121. The van der Waals surface area contributed by atoms with Gasteiger partial charge in [-0.2, -0.15) is 0 Å². The molecule has 1 aromatic rings. The number of nitrogens with one attached hydrogen (secondary N) is 1. The number of nitrogens with zero attached hydrogens (tertiary/aromatic N) is 1. The number of amides is 1. The van der Waals surface area contributed by atoms with Crippen molar-refractivity contribution in [2.45, 2.75) is 38.6 Å². The lowest BCUT2D eigenvalue weighted by molar-refractivity contribution is -0.128. The van der Waals surface area contributed by atoms with E-state index < -0.39 is 0 Å². The summed E-state index contributed by atoms with van der Waals surface area (Å²) in [6.07, 6.45) is 5.56. The van der Waals surface area contributed by atoms with E-state index in [4.69, 9.17) is 4.74 Å². The Morgan fingerprint density at radius 2 is 1.86 bits per heavy atom. The van der Waals surface area contributed by atoms with E-state index in [1.54, 1.807) is 0 Å². The molecule has 0 spiro atoms. The van der Waals surface area contributed by atoms with Gasteiger partial charge >= 0.3 is 0 Å². The minimum Gasteiger partial charge on any atom is -0.381 e. The molecule has 2 aliphatic rings. The molecular weight excluding hydrogens is 276 g/mol. The van der Waals surface area contributed by atoms with Crippen LogP contribution in [0.25, 0.3) is 0 Å². The highest BCUT2D eigenvalue weighted by Crippen LogP contribution is 2.24. The maximum absolute atomic E-state index is 12.3. The molecule has 0 saturated carbocycles. The second-order valence-corrected chi connectivity index (χ2v) is 6.28. The summed E-state index contributed by atoms with van der Waals surface area (Å²) in [5.41, 5.74) is 2.51. The predicted octanol–water partition coefficient (Wildman–Crippen LogP) is 2.72. The van der Waals surface area contributed by atoms with Crippen molar-refractivity contribution >= 4 is 11.6 Å². The quantitative estimate of drug-likeness (QED) is 0.930. The minimum absolute atomic E-state index is 0.121. The highest BCUT2D eigenvalue weighted by Gasteiger charge is 2.21. The first-order valence-electron chi connectivity index (χ1n) is 8.53. The third kappa shape index (κ3) is 3.80. The van der Waals surface area contributed by atoms with E-state index in [2.05, 4.69) is 34.5 Å². The first kappa shape index (κ1) is 15.3. The molecule has 0 unspecified atom stereocenters. The maximum atomic E-state index is 12.3. The average Bonchev–Trinajstić information content (AvgIpc) is 2.61. The normalized spacial score (nSPS) is 19.9. The summed E-state index contributed by atoms with van der Waals surface area (Å²) < 4.78 is 5.32. The van der Waals surface area contributed by atoms with Gasteiger partial charge in [0.1, 0.15) is 0 Å². The Bertz CT molecular complexity index is 492. The van der Waals surface area contributed by atoms with Crippen molar-refractivity contribution in [2.24, 2.45) is 5.92 Å². The van der Waals surface area contributed by atoms with E-state index in [1.807, 2.05) is 0 Å². The highest BCUT2D eigenvalue weighted by molar-refractivity contribution is 5.78. The van der Waals surface area contributed by atoms with Crippen molar-refractivity contribution in [3.63, 3.8) is 0 Å². The largest absolute Gasteiger partial charge is 0.381 e. The zero-order valence-electron chi connectivity index (χ0n) is 13.2. The Morgan fingerprint density at radius 1 is 1.14 bits per heavy atom. The standard InChI is InChI=1S/C18H26N2O2/c21-18(15-8-12-22-13-9-15)19-14-16-6-2-3-7-17(16)20-10-4-1-5-11-20/h2-3,6-7,15H,1,4-5,8-14H2,(H,19,21). The van der Waals surface area contributed by atoms with Crippen molar-refractivity contribution in [3.8, 4) is 0 Å². The van der Waals surface area contributed by atoms with E-state index >= 15 is 0 Å². The number of para-hydroxylation sites is 1. The molecular formula is C18H26N2O2. The molecule has 1 N–H and O–H groups in total. The van der Waals surface area contributed by atoms with Crippen molar-refractivity contribution in [3.05, 3.63) is 29.8 Å². The van der Waals surface area contributed by atoms with Crippen LogP contribution in [-0.2, 0) is 16.1 Å². The fourth-order valence-corrected chi connectivity index (χ4v) is 3.39. The molecule has 120 valence electrons. The summed E-state index contributed by atoms with van der Waals surface area (Å²) in [6, 6.07) is 8.46. The van der Waals surface area contributed by atoms with Crippen molar-refractivity contribution in [2.75, 3.05) is 31.2 Å². The van der Waals surface area contributed by atoms with E-state index in [9.17, 15) is 4.79 Å². The average molecular weight is 302 g/mol. The lowest BCUT2D eigenvalue weighted by Crippen LogP contribution is -2.35. The van der Waals surface area contributed by atoms with Crippen LogP contribution in [0.5, 0.6) is 0 Å². The SMILES string of the molecule is O=C(NCc1ccccc1N1CCCCC1)C1CCOCC1. The molecule has 1 amide bonds. The summed E-state index contributed by atoms with van der Waals surface area (Å²) in [5.74, 6) is 0.299. The molecule has 22 heavy (non-hydrogen) atoms. The second-order valence-electron chi connectivity index (χ2n) is 6.28. The van der Waals surface area contributed by atoms with Crippen LogP contribution in [0.15, 0.2) is 24.3 Å². The van der Waals surface area contributed by atoms with E-state index in [0.29, 0.717) is 19.8 Å². The molecule has 3 rings (SSSR count). The topological polar surface area (TPSA) is 41.6 Å². The Labute approximate surface area is 132 Å². The Balaban J connectivity index is 1.60. The summed E-state index contributed by atoms with van der Waals surface area (Å²) >= 11 is 0. The molecule has 2 heterocycles. The number of piperidine rings is 1. The zero-order valence-corrected chi connectivity index (χ0v) is 13.2. The third-order valence-corrected chi connectivity index (χ3v) is 4.73. The fourth-order valence-electron chi connectivity index (χ4n) is 3.39. The fraction of sp³-hybridized carbons (Fsp3) is 0.611. The molecule has 1 aromatic carbocycles. The first-order valence-corrected chi connectivity index (χ1v) is 8.53. The van der Waals surface area contributed by atoms with Gasteiger partial charge in [-0.15, -0.1) is 0 Å². The van der Waals surface area contributed by atoms with Gasteiger partial charge < -0.3 is 15.0 Å². The molecule has 2 fully saturated rings. The molecule has 0 radical (unpaired) electrons. The summed E-state index contributed by atoms with van der Waals surface area (Å²) in [5, 5.41) is 3.13. The van der Waals surface area contributed by atoms with Crippen LogP contribution in [0, 0.1) is 5.92 Å². The van der Waals surface area contributed by atoms with Gasteiger partial charge in [0.05, 0.1) is 0 Å². The highest BCUT2D eigenvalue weighted by atomic mass is 16.5. The predicted molar refractivity (Wildman–Crippen MR) is 87.9 cm³/mol. The zero-order chi connectivity index (χ0) is 15.2. The number of ether oxygens (including phenoxy) is 1. The van der Waals surface area contributed by atoms with Gasteiger partial charge in [0.25, 0.3) is 0 Å². The number of anilines is 1. The number of hydrogen-bond donors (Lipinski definition) is 1. The van der Waals surface area contributed by atoms with Crippen LogP contribution in [-0.4, -0.2) is 32.2 Å². The first-order chi connectivity index (χ1) is 10.8. The van der Waals surface area contributed by atoms with Crippen molar-refractivity contribution in [1.29, 1.82) is 0 Å². The van der Waals surface area contributed by atoms with E-state index in [-0.39, 0.29) is 11.8 Å². The summed E-state index contributed by atoms with van der Waals surface area (Å²) in [7, 11) is 0. The Kier molecular flexibility index (Phi) is 5.33. The molecule has 0 aliphatic carbocycles. The number of carbonyl (C=O) groups is 1. The van der Waals surface area contributed by atoms with Gasteiger partial charge in [0, 0.05) is 44.5 Å². The Hall–Kier alpha value is -1.55. The molecule has 2 saturated heterocycles. The number of hydrogen-bond acceptors (Lipinski definition) is 3. The molecule has 0 bridgehead atoms. The molecule has 0 aromatic heterocycles. The van der Waals surface area contributed by atoms with Crippen LogP contribution >= 0.6 is 0 Å². The van der Waals surface area contributed by atoms with Crippen LogP contribution in [0.1, 0.15) is 37.7 Å². The third-order valence-electron chi connectivity index (χ3n) is 4.73. The van der Waals surface area contributed by atoms with Crippen LogP contribution in [0.2, 0.25) is 0 Å².